The third-order valence-electron chi connectivity index (χ3n) is 2.17. The van der Waals surface area contributed by atoms with Crippen molar-refractivity contribution in [2.24, 2.45) is 5.41 Å². The summed E-state index contributed by atoms with van der Waals surface area (Å²) in [5, 5.41) is 12.1. The van der Waals surface area contributed by atoms with Gasteiger partial charge in [-0.25, -0.2) is 4.98 Å². The van der Waals surface area contributed by atoms with Crippen molar-refractivity contribution in [2.45, 2.75) is 33.7 Å². The van der Waals surface area contributed by atoms with E-state index in [4.69, 9.17) is 5.11 Å². The molecule has 0 aromatic carbocycles. The average Bonchev–Trinajstić information content (AvgIpc) is 2.64. The van der Waals surface area contributed by atoms with E-state index in [2.05, 4.69) is 30.7 Å². The van der Waals surface area contributed by atoms with Gasteiger partial charge < -0.3 is 5.11 Å². The predicted molar refractivity (Wildman–Crippen MR) is 68.5 cm³/mol. The molecular weight excluding hydrogens is 220 g/mol. The number of aliphatic hydroxyl groups is 1. The van der Waals surface area contributed by atoms with E-state index in [1.165, 1.54) is 0 Å². The van der Waals surface area contributed by atoms with E-state index in [1.807, 2.05) is 11.6 Å². The van der Waals surface area contributed by atoms with Crippen LogP contribution in [0.1, 0.15) is 32.2 Å². The summed E-state index contributed by atoms with van der Waals surface area (Å²) in [5.74, 6) is 0. The van der Waals surface area contributed by atoms with Gasteiger partial charge in [-0.1, -0.05) is 20.8 Å². The van der Waals surface area contributed by atoms with E-state index >= 15 is 0 Å². The molecule has 1 aromatic heterocycles. The highest BCUT2D eigenvalue weighted by atomic mass is 32.1. The van der Waals surface area contributed by atoms with Crippen LogP contribution in [-0.2, 0) is 6.54 Å². The quantitative estimate of drug-likeness (QED) is 0.832. The van der Waals surface area contributed by atoms with Gasteiger partial charge in [0.2, 0.25) is 0 Å². The van der Waals surface area contributed by atoms with Crippen molar-refractivity contribution in [3.63, 3.8) is 0 Å². The van der Waals surface area contributed by atoms with Crippen LogP contribution in [0.4, 0.5) is 0 Å². The molecule has 1 N–H and O–H groups in total. The van der Waals surface area contributed by atoms with Gasteiger partial charge in [0.25, 0.3) is 0 Å². The van der Waals surface area contributed by atoms with Crippen molar-refractivity contribution in [3.05, 3.63) is 16.6 Å². The Morgan fingerprint density at radius 1 is 1.44 bits per heavy atom. The molecular formula is C12H22N2OS. The summed E-state index contributed by atoms with van der Waals surface area (Å²) in [6.07, 6.45) is 2.68. The van der Waals surface area contributed by atoms with Gasteiger partial charge in [0.15, 0.2) is 0 Å². The maximum Gasteiger partial charge on any atom is 0.107 e. The lowest BCUT2D eigenvalue weighted by Crippen LogP contribution is -2.33. The summed E-state index contributed by atoms with van der Waals surface area (Å²) in [6, 6.07) is 0. The Bertz CT molecular complexity index is 280. The van der Waals surface area contributed by atoms with Crippen molar-refractivity contribution < 1.29 is 5.11 Å². The van der Waals surface area contributed by atoms with Crippen LogP contribution in [0.3, 0.4) is 0 Å². The Hall–Kier alpha value is -0.450. The van der Waals surface area contributed by atoms with E-state index in [9.17, 15) is 0 Å². The molecule has 1 rings (SSSR count). The van der Waals surface area contributed by atoms with Crippen LogP contribution in [0.2, 0.25) is 0 Å². The van der Waals surface area contributed by atoms with Gasteiger partial charge >= 0.3 is 0 Å². The summed E-state index contributed by atoms with van der Waals surface area (Å²) in [7, 11) is 0. The normalized spacial score (nSPS) is 12.3. The number of hydrogen-bond donors (Lipinski definition) is 1. The zero-order valence-corrected chi connectivity index (χ0v) is 11.3. The molecule has 0 atom stereocenters. The second-order valence-corrected chi connectivity index (χ2v) is 6.25. The van der Waals surface area contributed by atoms with Crippen molar-refractivity contribution >= 4 is 11.3 Å². The SMILES string of the molecule is CC(C)(C)CN(CCCO)Cc1nccs1. The van der Waals surface area contributed by atoms with E-state index in [-0.39, 0.29) is 12.0 Å². The first-order chi connectivity index (χ1) is 7.51. The van der Waals surface area contributed by atoms with Crippen LogP contribution in [0.15, 0.2) is 11.6 Å². The van der Waals surface area contributed by atoms with Crippen molar-refractivity contribution in [1.29, 1.82) is 0 Å². The van der Waals surface area contributed by atoms with Crippen LogP contribution in [0.5, 0.6) is 0 Å². The summed E-state index contributed by atoms with van der Waals surface area (Å²) in [6.45, 7) is 9.84. The number of hydrogen-bond acceptors (Lipinski definition) is 4. The van der Waals surface area contributed by atoms with Crippen molar-refractivity contribution in [2.75, 3.05) is 19.7 Å². The molecule has 0 radical (unpaired) electrons. The van der Waals surface area contributed by atoms with E-state index < -0.39 is 0 Å². The van der Waals surface area contributed by atoms with Crippen LogP contribution < -0.4 is 0 Å². The highest BCUT2D eigenvalue weighted by molar-refractivity contribution is 7.09. The first-order valence-corrected chi connectivity index (χ1v) is 6.61. The Balaban J connectivity index is 2.50. The molecule has 16 heavy (non-hydrogen) atoms. The van der Waals surface area contributed by atoms with Crippen LogP contribution in [-0.4, -0.2) is 34.7 Å². The minimum absolute atomic E-state index is 0.262. The van der Waals surface area contributed by atoms with Crippen molar-refractivity contribution in [1.82, 2.24) is 9.88 Å². The van der Waals surface area contributed by atoms with Crippen molar-refractivity contribution in [3.8, 4) is 0 Å². The third kappa shape index (κ3) is 5.58. The first-order valence-electron chi connectivity index (χ1n) is 5.73. The molecule has 3 nitrogen and oxygen atoms in total. The van der Waals surface area contributed by atoms with Gasteiger partial charge in [-0.05, 0) is 11.8 Å². The van der Waals surface area contributed by atoms with Gasteiger partial charge in [0.05, 0.1) is 6.54 Å². The Labute approximate surface area is 102 Å². The number of thiazole rings is 1. The molecule has 0 aliphatic carbocycles. The molecule has 0 aliphatic rings. The Morgan fingerprint density at radius 2 is 2.19 bits per heavy atom. The second-order valence-electron chi connectivity index (χ2n) is 5.27. The molecule has 0 amide bonds. The van der Waals surface area contributed by atoms with Gasteiger partial charge in [-0.15, -0.1) is 11.3 Å². The van der Waals surface area contributed by atoms with Gasteiger partial charge in [-0.2, -0.15) is 0 Å². The van der Waals surface area contributed by atoms with Gasteiger partial charge in [-0.3, -0.25) is 4.90 Å². The first kappa shape index (κ1) is 13.6. The van der Waals surface area contributed by atoms with E-state index in [0.717, 1.165) is 31.1 Å². The fraction of sp³-hybridized carbons (Fsp3) is 0.750. The summed E-state index contributed by atoms with van der Waals surface area (Å²) in [5.41, 5.74) is 0.284. The highest BCUT2D eigenvalue weighted by Crippen LogP contribution is 2.18. The largest absolute Gasteiger partial charge is 0.396 e. The molecule has 0 unspecified atom stereocenters. The Kier molecular flexibility index (Phi) is 5.38. The fourth-order valence-electron chi connectivity index (χ4n) is 1.70. The predicted octanol–water partition coefficient (Wildman–Crippen LogP) is 2.37. The molecule has 92 valence electrons. The maximum atomic E-state index is 8.90. The minimum atomic E-state index is 0.262. The number of aliphatic hydroxyl groups excluding tert-OH is 1. The lowest BCUT2D eigenvalue weighted by Gasteiger charge is -2.29. The Morgan fingerprint density at radius 3 is 2.69 bits per heavy atom. The fourth-order valence-corrected chi connectivity index (χ4v) is 2.36. The summed E-state index contributed by atoms with van der Waals surface area (Å²) < 4.78 is 0. The number of nitrogens with zero attached hydrogens (tertiary/aromatic N) is 2. The maximum absolute atomic E-state index is 8.90. The molecule has 0 saturated heterocycles. The second kappa shape index (κ2) is 6.33. The number of aromatic nitrogens is 1. The monoisotopic (exact) mass is 242 g/mol. The molecule has 0 fully saturated rings. The van der Waals surface area contributed by atoms with E-state index in [0.29, 0.717) is 0 Å². The van der Waals surface area contributed by atoms with Crippen LogP contribution in [0.25, 0.3) is 0 Å². The molecule has 0 saturated carbocycles. The molecule has 0 bridgehead atoms. The van der Waals surface area contributed by atoms with Crippen LogP contribution >= 0.6 is 11.3 Å². The standard InChI is InChI=1S/C12H22N2OS/c1-12(2,3)10-14(6-4-7-15)9-11-13-5-8-16-11/h5,8,15H,4,6-7,9-10H2,1-3H3. The highest BCUT2D eigenvalue weighted by Gasteiger charge is 2.16. The van der Waals surface area contributed by atoms with Gasteiger partial charge in [0.1, 0.15) is 5.01 Å². The molecule has 0 aliphatic heterocycles. The molecule has 1 aromatic rings. The van der Waals surface area contributed by atoms with Crippen LogP contribution in [0, 0.1) is 5.41 Å². The lowest BCUT2D eigenvalue weighted by molar-refractivity contribution is 0.166. The minimum Gasteiger partial charge on any atom is -0.396 e. The zero-order chi connectivity index (χ0) is 12.0. The summed E-state index contributed by atoms with van der Waals surface area (Å²) in [4.78, 5) is 6.68. The topological polar surface area (TPSA) is 36.4 Å². The molecule has 1 heterocycles. The zero-order valence-electron chi connectivity index (χ0n) is 10.4. The lowest BCUT2D eigenvalue weighted by atomic mass is 9.96. The summed E-state index contributed by atoms with van der Waals surface area (Å²) >= 11 is 1.70. The molecule has 0 spiro atoms. The number of rotatable bonds is 6. The van der Waals surface area contributed by atoms with Gasteiger partial charge in [0, 0.05) is 31.3 Å². The molecule has 4 heteroatoms. The smallest absolute Gasteiger partial charge is 0.107 e. The third-order valence-corrected chi connectivity index (χ3v) is 2.94. The van der Waals surface area contributed by atoms with E-state index in [1.54, 1.807) is 11.3 Å². The average molecular weight is 242 g/mol.